The summed E-state index contributed by atoms with van der Waals surface area (Å²) in [4.78, 5) is 0. The van der Waals surface area contributed by atoms with E-state index in [0.717, 1.165) is 12.1 Å². The van der Waals surface area contributed by atoms with Gasteiger partial charge in [0.15, 0.2) is 0 Å². The van der Waals surface area contributed by atoms with Gasteiger partial charge in [-0.1, -0.05) is 26.0 Å². The van der Waals surface area contributed by atoms with Gasteiger partial charge in [0.2, 0.25) is 0 Å². The lowest BCUT2D eigenvalue weighted by molar-refractivity contribution is -0.137. The van der Waals surface area contributed by atoms with Gasteiger partial charge in [-0.15, -0.1) is 0 Å². The molecule has 3 nitrogen and oxygen atoms in total. The molecule has 0 aliphatic heterocycles. The van der Waals surface area contributed by atoms with Crippen LogP contribution in [0, 0.1) is 5.41 Å². The van der Waals surface area contributed by atoms with Crippen LogP contribution in [0.25, 0.3) is 0 Å². The minimum absolute atomic E-state index is 0.0743. The molecule has 0 spiro atoms. The number of hydrogen-bond donors (Lipinski definition) is 3. The van der Waals surface area contributed by atoms with Crippen LogP contribution in [0.15, 0.2) is 24.3 Å². The minimum Gasteiger partial charge on any atom is -0.396 e. The average molecular weight is 305 g/mol. The van der Waals surface area contributed by atoms with Crippen LogP contribution in [0.2, 0.25) is 0 Å². The molecule has 3 N–H and O–H groups in total. The highest BCUT2D eigenvalue weighted by Gasteiger charge is 2.30. The van der Waals surface area contributed by atoms with Crippen LogP contribution in [0.3, 0.4) is 0 Å². The van der Waals surface area contributed by atoms with Gasteiger partial charge in [0, 0.05) is 19.7 Å². The summed E-state index contributed by atoms with van der Waals surface area (Å²) in [6.07, 6.45) is -4.80. The second-order valence-corrected chi connectivity index (χ2v) is 5.91. The standard InChI is InChI=1S/C15H22F3NO2/c1-14(2,6-7-20)10-19-9-13(21)11-4-3-5-12(8-11)15(16,17)18/h3-5,8,13,19-21H,6-7,9-10H2,1-2H3. The lowest BCUT2D eigenvalue weighted by Gasteiger charge is -2.25. The Morgan fingerprint density at radius 2 is 1.90 bits per heavy atom. The van der Waals surface area contributed by atoms with Crippen LogP contribution in [0.4, 0.5) is 13.2 Å². The molecule has 0 aliphatic carbocycles. The molecule has 1 unspecified atom stereocenters. The Hall–Kier alpha value is -1.11. The summed E-state index contributed by atoms with van der Waals surface area (Å²) in [6.45, 7) is 4.73. The maximum absolute atomic E-state index is 12.6. The highest BCUT2D eigenvalue weighted by Crippen LogP contribution is 2.30. The van der Waals surface area contributed by atoms with Crippen molar-refractivity contribution in [2.75, 3.05) is 19.7 Å². The Labute approximate surface area is 122 Å². The minimum atomic E-state index is -4.41. The molecule has 6 heteroatoms. The number of alkyl halides is 3. The maximum Gasteiger partial charge on any atom is 0.416 e. The van der Waals surface area contributed by atoms with Gasteiger partial charge >= 0.3 is 6.18 Å². The SMILES string of the molecule is CC(C)(CCO)CNCC(O)c1cccc(C(F)(F)F)c1. The van der Waals surface area contributed by atoms with Crippen molar-refractivity contribution in [3.63, 3.8) is 0 Å². The predicted molar refractivity (Wildman–Crippen MR) is 74.8 cm³/mol. The van der Waals surface area contributed by atoms with Gasteiger partial charge in [-0.2, -0.15) is 13.2 Å². The molecule has 0 saturated carbocycles. The zero-order valence-corrected chi connectivity index (χ0v) is 12.2. The fourth-order valence-electron chi connectivity index (χ4n) is 1.98. The van der Waals surface area contributed by atoms with Crippen LogP contribution in [-0.4, -0.2) is 29.9 Å². The topological polar surface area (TPSA) is 52.5 Å². The lowest BCUT2D eigenvalue weighted by Crippen LogP contribution is -2.33. The van der Waals surface area contributed by atoms with Gasteiger partial charge in [-0.25, -0.2) is 0 Å². The van der Waals surface area contributed by atoms with E-state index in [9.17, 15) is 18.3 Å². The molecule has 1 aromatic rings. The van der Waals surface area contributed by atoms with E-state index < -0.39 is 17.8 Å². The third-order valence-electron chi connectivity index (χ3n) is 3.33. The second-order valence-electron chi connectivity index (χ2n) is 5.91. The smallest absolute Gasteiger partial charge is 0.396 e. The van der Waals surface area contributed by atoms with Crippen LogP contribution in [0.5, 0.6) is 0 Å². The number of benzene rings is 1. The fourth-order valence-corrected chi connectivity index (χ4v) is 1.98. The first kappa shape index (κ1) is 17.9. The van der Waals surface area contributed by atoms with Crippen LogP contribution in [-0.2, 0) is 6.18 Å². The number of rotatable bonds is 7. The van der Waals surface area contributed by atoms with Crippen molar-refractivity contribution in [2.45, 2.75) is 32.5 Å². The van der Waals surface area contributed by atoms with E-state index >= 15 is 0 Å². The highest BCUT2D eigenvalue weighted by molar-refractivity contribution is 5.27. The molecular weight excluding hydrogens is 283 g/mol. The largest absolute Gasteiger partial charge is 0.416 e. The molecule has 0 heterocycles. The van der Waals surface area contributed by atoms with Crippen molar-refractivity contribution in [1.29, 1.82) is 0 Å². The van der Waals surface area contributed by atoms with E-state index in [1.807, 2.05) is 13.8 Å². The molecule has 0 aromatic heterocycles. The summed E-state index contributed by atoms with van der Waals surface area (Å²) in [5, 5.41) is 21.9. The molecule has 0 amide bonds. The Balaban J connectivity index is 2.58. The molecule has 0 radical (unpaired) electrons. The molecule has 0 aliphatic rings. The summed E-state index contributed by atoms with van der Waals surface area (Å²) in [5.74, 6) is 0. The van der Waals surface area contributed by atoms with Gasteiger partial charge < -0.3 is 15.5 Å². The first-order valence-electron chi connectivity index (χ1n) is 6.82. The first-order valence-corrected chi connectivity index (χ1v) is 6.82. The molecule has 21 heavy (non-hydrogen) atoms. The fraction of sp³-hybridized carbons (Fsp3) is 0.600. The monoisotopic (exact) mass is 305 g/mol. The molecule has 0 fully saturated rings. The molecule has 1 atom stereocenters. The molecular formula is C15H22F3NO2. The summed E-state index contributed by atoms with van der Waals surface area (Å²) in [6, 6.07) is 4.71. The normalized spacial score (nSPS) is 14.2. The number of nitrogens with one attached hydrogen (secondary N) is 1. The molecule has 1 aromatic carbocycles. The van der Waals surface area contributed by atoms with E-state index in [1.54, 1.807) is 0 Å². The van der Waals surface area contributed by atoms with Crippen molar-refractivity contribution in [1.82, 2.24) is 5.32 Å². The predicted octanol–water partition coefficient (Wildman–Crippen LogP) is 2.74. The van der Waals surface area contributed by atoms with Crippen molar-refractivity contribution in [2.24, 2.45) is 5.41 Å². The number of hydrogen-bond acceptors (Lipinski definition) is 3. The lowest BCUT2D eigenvalue weighted by atomic mass is 9.89. The van der Waals surface area contributed by atoms with Gasteiger partial charge in [-0.3, -0.25) is 0 Å². The van der Waals surface area contributed by atoms with Crippen molar-refractivity contribution in [3.05, 3.63) is 35.4 Å². The Bertz CT molecular complexity index is 447. The Morgan fingerprint density at radius 3 is 2.48 bits per heavy atom. The van der Waals surface area contributed by atoms with Gasteiger partial charge in [-0.05, 0) is 29.5 Å². The average Bonchev–Trinajstić information content (AvgIpc) is 2.37. The number of halogens is 3. The maximum atomic E-state index is 12.6. The summed E-state index contributed by atoms with van der Waals surface area (Å²) < 4.78 is 37.8. The van der Waals surface area contributed by atoms with Crippen LogP contribution >= 0.6 is 0 Å². The van der Waals surface area contributed by atoms with E-state index in [0.29, 0.717) is 13.0 Å². The van der Waals surface area contributed by atoms with Gasteiger partial charge in [0.1, 0.15) is 0 Å². The Kier molecular flexibility index (Phi) is 6.19. The summed E-state index contributed by atoms with van der Waals surface area (Å²) in [7, 11) is 0. The molecule has 1 rings (SSSR count). The first-order chi connectivity index (χ1) is 9.65. The van der Waals surface area contributed by atoms with E-state index in [1.165, 1.54) is 12.1 Å². The van der Waals surface area contributed by atoms with Crippen LogP contribution < -0.4 is 5.32 Å². The van der Waals surface area contributed by atoms with Crippen LogP contribution in [0.1, 0.15) is 37.5 Å². The highest BCUT2D eigenvalue weighted by atomic mass is 19.4. The third-order valence-corrected chi connectivity index (χ3v) is 3.33. The quantitative estimate of drug-likeness (QED) is 0.726. The van der Waals surface area contributed by atoms with Gasteiger partial charge in [0.05, 0.1) is 11.7 Å². The third kappa shape index (κ3) is 6.03. The molecule has 120 valence electrons. The number of aliphatic hydroxyl groups is 2. The second kappa shape index (κ2) is 7.24. The van der Waals surface area contributed by atoms with Gasteiger partial charge in [0.25, 0.3) is 0 Å². The van der Waals surface area contributed by atoms with E-state index in [-0.39, 0.29) is 24.1 Å². The Morgan fingerprint density at radius 1 is 1.24 bits per heavy atom. The van der Waals surface area contributed by atoms with Crippen molar-refractivity contribution in [3.8, 4) is 0 Å². The van der Waals surface area contributed by atoms with E-state index in [2.05, 4.69) is 5.32 Å². The molecule has 0 saturated heterocycles. The van der Waals surface area contributed by atoms with E-state index in [4.69, 9.17) is 5.11 Å². The summed E-state index contributed by atoms with van der Waals surface area (Å²) in [5.41, 5.74) is -0.667. The number of aliphatic hydroxyl groups excluding tert-OH is 2. The molecule has 0 bridgehead atoms. The van der Waals surface area contributed by atoms with Crippen molar-refractivity contribution < 1.29 is 23.4 Å². The summed E-state index contributed by atoms with van der Waals surface area (Å²) >= 11 is 0. The zero-order chi connectivity index (χ0) is 16.1. The zero-order valence-electron chi connectivity index (χ0n) is 12.2. The van der Waals surface area contributed by atoms with Crippen molar-refractivity contribution >= 4 is 0 Å².